The van der Waals surface area contributed by atoms with Gasteiger partial charge in [0.15, 0.2) is 0 Å². The largest absolute Gasteiger partial charge is 0.465 e. The highest BCUT2D eigenvalue weighted by atomic mass is 35.5. The van der Waals surface area contributed by atoms with Crippen molar-refractivity contribution < 1.29 is 18.3 Å². The van der Waals surface area contributed by atoms with Crippen LogP contribution in [0.15, 0.2) is 36.5 Å². The number of hydrogen-bond donors (Lipinski definition) is 0. The molecule has 0 bridgehead atoms. The van der Waals surface area contributed by atoms with Crippen molar-refractivity contribution in [2.24, 2.45) is 0 Å². The summed E-state index contributed by atoms with van der Waals surface area (Å²) in [4.78, 5) is 15.3. The van der Waals surface area contributed by atoms with Crippen LogP contribution in [0.25, 0.3) is 11.3 Å². The number of carbonyl (C=O) groups is 1. The van der Waals surface area contributed by atoms with Gasteiger partial charge in [0.25, 0.3) is 0 Å². The summed E-state index contributed by atoms with van der Waals surface area (Å²) >= 11 is 0. The molecule has 6 heteroatoms. The van der Waals surface area contributed by atoms with Crippen LogP contribution in [-0.4, -0.2) is 18.1 Å². The SMILES string of the molecule is COC(=O)c1ccnc(-c2ccc(F)cc2F)c1.Cl. The van der Waals surface area contributed by atoms with Crippen molar-refractivity contribution in [2.75, 3.05) is 7.11 Å². The van der Waals surface area contributed by atoms with E-state index in [9.17, 15) is 13.6 Å². The summed E-state index contributed by atoms with van der Waals surface area (Å²) in [6, 6.07) is 6.01. The van der Waals surface area contributed by atoms with Crippen LogP contribution in [0.4, 0.5) is 8.78 Å². The van der Waals surface area contributed by atoms with Crippen LogP contribution in [0.3, 0.4) is 0 Å². The van der Waals surface area contributed by atoms with E-state index in [1.807, 2.05) is 0 Å². The number of benzene rings is 1. The highest BCUT2D eigenvalue weighted by Crippen LogP contribution is 2.22. The number of methoxy groups -OCH3 is 1. The van der Waals surface area contributed by atoms with Gasteiger partial charge in [-0.25, -0.2) is 13.6 Å². The van der Waals surface area contributed by atoms with Gasteiger partial charge in [-0.05, 0) is 24.3 Å². The van der Waals surface area contributed by atoms with Crippen LogP contribution in [0.1, 0.15) is 10.4 Å². The van der Waals surface area contributed by atoms with Crippen LogP contribution in [0.5, 0.6) is 0 Å². The maximum atomic E-state index is 13.6. The lowest BCUT2D eigenvalue weighted by atomic mass is 10.1. The van der Waals surface area contributed by atoms with Crippen LogP contribution in [-0.2, 0) is 4.74 Å². The Labute approximate surface area is 114 Å². The van der Waals surface area contributed by atoms with Gasteiger partial charge in [0.05, 0.1) is 18.4 Å². The van der Waals surface area contributed by atoms with Gasteiger partial charge in [-0.3, -0.25) is 4.98 Å². The molecular formula is C13H10ClF2NO2. The zero-order valence-corrected chi connectivity index (χ0v) is 10.7. The second-order valence-corrected chi connectivity index (χ2v) is 3.55. The van der Waals surface area contributed by atoms with E-state index in [1.54, 1.807) is 0 Å². The van der Waals surface area contributed by atoms with E-state index < -0.39 is 17.6 Å². The molecule has 19 heavy (non-hydrogen) atoms. The maximum Gasteiger partial charge on any atom is 0.337 e. The van der Waals surface area contributed by atoms with Gasteiger partial charge in [-0.15, -0.1) is 12.4 Å². The number of rotatable bonds is 2. The summed E-state index contributed by atoms with van der Waals surface area (Å²) in [5.41, 5.74) is 0.628. The molecule has 100 valence electrons. The molecule has 0 amide bonds. The van der Waals surface area contributed by atoms with Gasteiger partial charge in [0, 0.05) is 17.8 Å². The minimum atomic E-state index is -0.732. The summed E-state index contributed by atoms with van der Waals surface area (Å²) < 4.78 is 30.9. The predicted molar refractivity (Wildman–Crippen MR) is 68.2 cm³/mol. The Balaban J connectivity index is 0.00000180. The minimum absolute atomic E-state index is 0. The van der Waals surface area contributed by atoms with Gasteiger partial charge < -0.3 is 4.74 Å². The molecule has 0 unspecified atom stereocenters. The quantitative estimate of drug-likeness (QED) is 0.795. The fourth-order valence-corrected chi connectivity index (χ4v) is 1.52. The van der Waals surface area contributed by atoms with E-state index in [0.29, 0.717) is 0 Å². The van der Waals surface area contributed by atoms with Crippen molar-refractivity contribution in [3.63, 3.8) is 0 Å². The van der Waals surface area contributed by atoms with Crippen LogP contribution >= 0.6 is 12.4 Å². The Bertz CT molecular complexity index is 605. The standard InChI is InChI=1S/C13H9F2NO2.ClH/c1-18-13(17)8-4-5-16-12(6-8)10-3-2-9(14)7-11(10)15;/h2-7H,1H3;1H. The van der Waals surface area contributed by atoms with Gasteiger partial charge in [0.2, 0.25) is 0 Å². The first-order chi connectivity index (χ1) is 8.61. The van der Waals surface area contributed by atoms with Crippen molar-refractivity contribution in [2.45, 2.75) is 0 Å². The van der Waals surface area contributed by atoms with Gasteiger partial charge >= 0.3 is 5.97 Å². The maximum absolute atomic E-state index is 13.6. The Morgan fingerprint density at radius 1 is 1.21 bits per heavy atom. The summed E-state index contributed by atoms with van der Waals surface area (Å²) in [5.74, 6) is -1.94. The molecule has 0 radical (unpaired) electrons. The summed E-state index contributed by atoms with van der Waals surface area (Å²) in [5, 5.41) is 0. The Hall–Kier alpha value is -2.01. The molecule has 1 aromatic carbocycles. The van der Waals surface area contributed by atoms with Crippen LogP contribution < -0.4 is 0 Å². The van der Waals surface area contributed by atoms with Crippen molar-refractivity contribution in [3.8, 4) is 11.3 Å². The van der Waals surface area contributed by atoms with Crippen molar-refractivity contribution in [3.05, 3.63) is 53.7 Å². The summed E-state index contributed by atoms with van der Waals surface area (Å²) in [6.45, 7) is 0. The summed E-state index contributed by atoms with van der Waals surface area (Å²) in [7, 11) is 1.25. The number of pyridine rings is 1. The minimum Gasteiger partial charge on any atom is -0.465 e. The molecule has 0 spiro atoms. The highest BCUT2D eigenvalue weighted by molar-refractivity contribution is 5.90. The second-order valence-electron chi connectivity index (χ2n) is 3.55. The second kappa shape index (κ2) is 6.24. The van der Waals surface area contributed by atoms with E-state index in [1.165, 1.54) is 31.5 Å². The van der Waals surface area contributed by atoms with Crippen LogP contribution in [0.2, 0.25) is 0 Å². The first kappa shape index (κ1) is 15.0. The predicted octanol–water partition coefficient (Wildman–Crippen LogP) is 3.24. The van der Waals surface area contributed by atoms with Crippen molar-refractivity contribution >= 4 is 18.4 Å². The fourth-order valence-electron chi connectivity index (χ4n) is 1.52. The number of ether oxygens (including phenoxy) is 1. The van der Waals surface area contributed by atoms with E-state index >= 15 is 0 Å². The molecule has 0 saturated carbocycles. The molecule has 0 N–H and O–H groups in total. The smallest absolute Gasteiger partial charge is 0.337 e. The molecular weight excluding hydrogens is 276 g/mol. The first-order valence-electron chi connectivity index (χ1n) is 5.11. The lowest BCUT2D eigenvalue weighted by Gasteiger charge is -2.04. The molecule has 2 rings (SSSR count). The average molecular weight is 286 g/mol. The third-order valence-corrected chi connectivity index (χ3v) is 2.39. The first-order valence-corrected chi connectivity index (χ1v) is 5.11. The van der Waals surface area contributed by atoms with Crippen LogP contribution in [0, 0.1) is 11.6 Å². The topological polar surface area (TPSA) is 39.2 Å². The average Bonchev–Trinajstić information content (AvgIpc) is 2.38. The Kier molecular flexibility index (Phi) is 4.94. The van der Waals surface area contributed by atoms with Crippen molar-refractivity contribution in [1.82, 2.24) is 4.98 Å². The fraction of sp³-hybridized carbons (Fsp3) is 0.0769. The molecule has 2 aromatic rings. The third-order valence-electron chi connectivity index (χ3n) is 2.39. The molecule has 3 nitrogen and oxygen atoms in total. The van der Waals surface area contributed by atoms with E-state index in [2.05, 4.69) is 9.72 Å². The molecule has 1 heterocycles. The zero-order chi connectivity index (χ0) is 13.1. The molecule has 0 aliphatic heterocycles. The molecule has 1 aromatic heterocycles. The van der Waals surface area contributed by atoms with E-state index in [-0.39, 0.29) is 29.2 Å². The molecule has 0 fully saturated rings. The number of aromatic nitrogens is 1. The third kappa shape index (κ3) is 3.26. The van der Waals surface area contributed by atoms with E-state index in [0.717, 1.165) is 12.1 Å². The number of esters is 1. The van der Waals surface area contributed by atoms with Gasteiger partial charge in [-0.1, -0.05) is 0 Å². The number of halogens is 3. The Morgan fingerprint density at radius 3 is 2.58 bits per heavy atom. The molecule has 0 atom stereocenters. The van der Waals surface area contributed by atoms with E-state index in [4.69, 9.17) is 0 Å². The summed E-state index contributed by atoms with van der Waals surface area (Å²) in [6.07, 6.45) is 1.37. The molecule has 0 aliphatic rings. The lowest BCUT2D eigenvalue weighted by molar-refractivity contribution is 0.0600. The monoisotopic (exact) mass is 285 g/mol. The van der Waals surface area contributed by atoms with Gasteiger partial charge in [0.1, 0.15) is 11.6 Å². The number of hydrogen-bond acceptors (Lipinski definition) is 3. The normalized spacial score (nSPS) is 9.63. The van der Waals surface area contributed by atoms with Gasteiger partial charge in [-0.2, -0.15) is 0 Å². The number of carbonyl (C=O) groups excluding carboxylic acids is 1. The molecule has 0 aliphatic carbocycles. The Morgan fingerprint density at radius 2 is 1.95 bits per heavy atom. The van der Waals surface area contributed by atoms with Crippen molar-refractivity contribution in [1.29, 1.82) is 0 Å². The molecule has 0 saturated heterocycles. The number of nitrogens with zero attached hydrogens (tertiary/aromatic N) is 1. The highest BCUT2D eigenvalue weighted by Gasteiger charge is 2.11. The lowest BCUT2D eigenvalue weighted by Crippen LogP contribution is -2.02. The zero-order valence-electron chi connectivity index (χ0n) is 9.89.